The van der Waals surface area contributed by atoms with E-state index in [1.54, 1.807) is 13.8 Å². The highest BCUT2D eigenvalue weighted by Gasteiger charge is 2.26. The molecule has 0 radical (unpaired) electrons. The molecule has 1 heterocycles. The van der Waals surface area contributed by atoms with Gasteiger partial charge in [0.2, 0.25) is 5.82 Å². The molecule has 1 aromatic rings. The minimum Gasteiger partial charge on any atom is -0.296 e. The third kappa shape index (κ3) is 2.88. The molecular formula is C7H10ClF2N3O2S. The monoisotopic (exact) mass is 273 g/mol. The first kappa shape index (κ1) is 13.3. The Morgan fingerprint density at radius 2 is 1.94 bits per heavy atom. The Hall–Kier alpha value is -0.760. The Kier molecular flexibility index (Phi) is 3.84. The number of halogens is 3. The molecule has 0 saturated carbocycles. The molecule has 0 spiro atoms. The molecule has 0 N–H and O–H groups in total. The Balaban J connectivity index is 3.31. The molecule has 92 valence electrons. The van der Waals surface area contributed by atoms with E-state index in [1.165, 1.54) is 0 Å². The molecule has 5 nitrogen and oxygen atoms in total. The highest BCUT2D eigenvalue weighted by Crippen LogP contribution is 2.22. The van der Waals surface area contributed by atoms with E-state index in [0.29, 0.717) is 0 Å². The first-order valence-electron chi connectivity index (χ1n) is 4.39. The smallest absolute Gasteiger partial charge is 0.296 e. The predicted octanol–water partition coefficient (Wildman–Crippen LogP) is 1.80. The van der Waals surface area contributed by atoms with E-state index in [0.717, 1.165) is 4.57 Å². The van der Waals surface area contributed by atoms with Crippen LogP contribution in [0.2, 0.25) is 0 Å². The highest BCUT2D eigenvalue weighted by atomic mass is 35.7. The van der Waals surface area contributed by atoms with E-state index in [-0.39, 0.29) is 12.5 Å². The van der Waals surface area contributed by atoms with Crippen LogP contribution in [0, 0.1) is 5.92 Å². The average Bonchev–Trinajstić information content (AvgIpc) is 2.45. The third-order valence-electron chi connectivity index (χ3n) is 1.71. The summed E-state index contributed by atoms with van der Waals surface area (Å²) in [6, 6.07) is 0. The van der Waals surface area contributed by atoms with E-state index in [2.05, 4.69) is 10.2 Å². The zero-order chi connectivity index (χ0) is 12.5. The Morgan fingerprint density at radius 3 is 2.31 bits per heavy atom. The molecule has 0 aliphatic rings. The Bertz CT molecular complexity index is 472. The molecule has 1 aromatic heterocycles. The standard InChI is InChI=1S/C7H10ClF2N3O2S/c1-4(2)3-13-6(5(9)10)11-12-7(13)16(8,14)15/h4-5H,3H2,1-2H3. The highest BCUT2D eigenvalue weighted by molar-refractivity contribution is 8.13. The van der Waals surface area contributed by atoms with Gasteiger partial charge in [0.25, 0.3) is 20.6 Å². The van der Waals surface area contributed by atoms with Crippen LogP contribution >= 0.6 is 10.7 Å². The van der Waals surface area contributed by atoms with Crippen LogP contribution in [0.3, 0.4) is 0 Å². The molecule has 0 unspecified atom stereocenters. The normalized spacial score (nSPS) is 12.7. The lowest BCUT2D eigenvalue weighted by Crippen LogP contribution is -2.13. The zero-order valence-electron chi connectivity index (χ0n) is 8.56. The van der Waals surface area contributed by atoms with Crippen LogP contribution in [0.25, 0.3) is 0 Å². The van der Waals surface area contributed by atoms with Crippen LogP contribution in [0.1, 0.15) is 26.1 Å². The van der Waals surface area contributed by atoms with Gasteiger partial charge in [-0.2, -0.15) is 0 Å². The van der Waals surface area contributed by atoms with Crippen molar-refractivity contribution in [2.75, 3.05) is 0 Å². The summed E-state index contributed by atoms with van der Waals surface area (Å²) >= 11 is 0. The largest absolute Gasteiger partial charge is 0.297 e. The number of alkyl halides is 2. The van der Waals surface area contributed by atoms with Gasteiger partial charge < -0.3 is 0 Å². The van der Waals surface area contributed by atoms with Gasteiger partial charge in [0.05, 0.1) is 0 Å². The SMILES string of the molecule is CC(C)Cn1c(C(F)F)nnc1S(=O)(=O)Cl. The third-order valence-corrected chi connectivity index (χ3v) is 2.86. The van der Waals surface area contributed by atoms with Crippen LogP contribution in [-0.4, -0.2) is 23.2 Å². The van der Waals surface area contributed by atoms with Gasteiger partial charge in [0, 0.05) is 17.2 Å². The van der Waals surface area contributed by atoms with Crippen molar-refractivity contribution in [3.63, 3.8) is 0 Å². The molecule has 0 bridgehead atoms. The quantitative estimate of drug-likeness (QED) is 0.785. The molecular weight excluding hydrogens is 264 g/mol. The van der Waals surface area contributed by atoms with Gasteiger partial charge in [0.1, 0.15) is 0 Å². The molecule has 0 atom stereocenters. The molecule has 16 heavy (non-hydrogen) atoms. The lowest BCUT2D eigenvalue weighted by atomic mass is 10.2. The predicted molar refractivity (Wildman–Crippen MR) is 52.9 cm³/mol. The molecule has 0 aliphatic carbocycles. The van der Waals surface area contributed by atoms with Crippen LogP contribution in [0.5, 0.6) is 0 Å². The fourth-order valence-electron chi connectivity index (χ4n) is 1.18. The van der Waals surface area contributed by atoms with Crippen molar-refractivity contribution in [1.29, 1.82) is 0 Å². The van der Waals surface area contributed by atoms with Gasteiger partial charge in [-0.1, -0.05) is 13.8 Å². The number of hydrogen-bond donors (Lipinski definition) is 0. The van der Waals surface area contributed by atoms with Crippen molar-refractivity contribution in [1.82, 2.24) is 14.8 Å². The molecule has 0 aromatic carbocycles. The van der Waals surface area contributed by atoms with E-state index in [1.807, 2.05) is 0 Å². The maximum atomic E-state index is 12.5. The molecule has 9 heteroatoms. The first-order chi connectivity index (χ1) is 7.23. The van der Waals surface area contributed by atoms with Crippen LogP contribution in [0.4, 0.5) is 8.78 Å². The second-order valence-electron chi connectivity index (χ2n) is 3.58. The average molecular weight is 274 g/mol. The number of rotatable bonds is 4. The fourth-order valence-corrected chi connectivity index (χ4v) is 2.09. The van der Waals surface area contributed by atoms with E-state index < -0.39 is 26.5 Å². The van der Waals surface area contributed by atoms with Crippen LogP contribution < -0.4 is 0 Å². The number of nitrogens with zero attached hydrogens (tertiary/aromatic N) is 3. The van der Waals surface area contributed by atoms with E-state index in [9.17, 15) is 17.2 Å². The van der Waals surface area contributed by atoms with Crippen molar-refractivity contribution in [2.45, 2.75) is 32.0 Å². The second-order valence-corrected chi connectivity index (χ2v) is 6.04. The summed E-state index contributed by atoms with van der Waals surface area (Å²) in [5.41, 5.74) is 0. The maximum Gasteiger partial charge on any atom is 0.297 e. The Morgan fingerprint density at radius 1 is 1.38 bits per heavy atom. The topological polar surface area (TPSA) is 64.8 Å². The van der Waals surface area contributed by atoms with Crippen molar-refractivity contribution >= 4 is 19.7 Å². The van der Waals surface area contributed by atoms with Crippen molar-refractivity contribution < 1.29 is 17.2 Å². The van der Waals surface area contributed by atoms with Gasteiger partial charge >= 0.3 is 0 Å². The van der Waals surface area contributed by atoms with Gasteiger partial charge in [-0.05, 0) is 5.92 Å². The lowest BCUT2D eigenvalue weighted by Gasteiger charge is -2.10. The van der Waals surface area contributed by atoms with E-state index >= 15 is 0 Å². The summed E-state index contributed by atoms with van der Waals surface area (Å²) in [6.45, 7) is 3.56. The summed E-state index contributed by atoms with van der Waals surface area (Å²) < 4.78 is 48.0. The number of hydrogen-bond acceptors (Lipinski definition) is 4. The maximum absolute atomic E-state index is 12.5. The summed E-state index contributed by atoms with van der Waals surface area (Å²) in [4.78, 5) is 0. The van der Waals surface area contributed by atoms with E-state index in [4.69, 9.17) is 10.7 Å². The molecule has 0 saturated heterocycles. The van der Waals surface area contributed by atoms with Gasteiger partial charge in [-0.25, -0.2) is 17.2 Å². The molecule has 0 fully saturated rings. The number of aromatic nitrogens is 3. The minimum absolute atomic E-state index is 0.0364. The molecule has 1 rings (SSSR count). The molecule has 0 aliphatic heterocycles. The van der Waals surface area contributed by atoms with Gasteiger partial charge in [-0.3, -0.25) is 4.57 Å². The first-order valence-corrected chi connectivity index (χ1v) is 6.70. The zero-order valence-corrected chi connectivity index (χ0v) is 10.1. The summed E-state index contributed by atoms with van der Waals surface area (Å²) in [7, 11) is 0.906. The van der Waals surface area contributed by atoms with Crippen molar-refractivity contribution in [3.05, 3.63) is 5.82 Å². The lowest BCUT2D eigenvalue weighted by molar-refractivity contribution is 0.132. The van der Waals surface area contributed by atoms with Gasteiger partial charge in [0.15, 0.2) is 0 Å². The Labute approximate surface area is 95.8 Å². The van der Waals surface area contributed by atoms with Crippen molar-refractivity contribution in [3.8, 4) is 0 Å². The van der Waals surface area contributed by atoms with Crippen LogP contribution in [-0.2, 0) is 15.6 Å². The summed E-state index contributed by atoms with van der Waals surface area (Å²) in [5.74, 6) is -0.724. The second kappa shape index (κ2) is 4.62. The molecule has 0 amide bonds. The fraction of sp³-hybridized carbons (Fsp3) is 0.714. The summed E-state index contributed by atoms with van der Waals surface area (Å²) in [5, 5.41) is 5.67. The summed E-state index contributed by atoms with van der Waals surface area (Å²) in [6.07, 6.45) is -2.89. The van der Waals surface area contributed by atoms with Crippen molar-refractivity contribution in [2.24, 2.45) is 5.92 Å². The van der Waals surface area contributed by atoms with Gasteiger partial charge in [-0.15, -0.1) is 10.2 Å². The van der Waals surface area contributed by atoms with Crippen LogP contribution in [0.15, 0.2) is 5.16 Å². The minimum atomic E-state index is -4.16.